The highest BCUT2D eigenvalue weighted by molar-refractivity contribution is 6.33. The summed E-state index contributed by atoms with van der Waals surface area (Å²) in [5.41, 5.74) is 1.33. The first-order valence-electron chi connectivity index (χ1n) is 9.82. The number of nitrogens with zero attached hydrogens (tertiary/aromatic N) is 3. The summed E-state index contributed by atoms with van der Waals surface area (Å²) < 4.78 is 38.5. The number of carbonyl (C=O) groups is 1. The molecule has 0 bridgehead atoms. The average molecular weight is 436 g/mol. The minimum atomic E-state index is -4.47. The first-order valence-corrected chi connectivity index (χ1v) is 10.2. The second-order valence-corrected chi connectivity index (χ2v) is 8.03. The molecule has 30 heavy (non-hydrogen) atoms. The lowest BCUT2D eigenvalue weighted by atomic mass is 9.85. The van der Waals surface area contributed by atoms with Crippen LogP contribution in [0.25, 0.3) is 0 Å². The molecule has 1 fully saturated rings. The third kappa shape index (κ3) is 4.46. The van der Waals surface area contributed by atoms with E-state index in [1.165, 1.54) is 0 Å². The number of benzene rings is 1. The molecular formula is C22H21ClF3N3O. The molecule has 2 heterocycles. The molecule has 4 rings (SSSR count). The number of anilines is 1. The summed E-state index contributed by atoms with van der Waals surface area (Å²) in [6.07, 6.45) is -0.602. The Kier molecular flexibility index (Phi) is 5.73. The van der Waals surface area contributed by atoms with Gasteiger partial charge in [-0.1, -0.05) is 41.9 Å². The Bertz CT molecular complexity index is 954. The van der Waals surface area contributed by atoms with Crippen LogP contribution in [0.1, 0.15) is 29.9 Å². The van der Waals surface area contributed by atoms with E-state index in [9.17, 15) is 18.0 Å². The second-order valence-electron chi connectivity index (χ2n) is 7.62. The summed E-state index contributed by atoms with van der Waals surface area (Å²) in [6.45, 7) is 2.44. The molecule has 1 aromatic carbocycles. The summed E-state index contributed by atoms with van der Waals surface area (Å²) in [4.78, 5) is 20.3. The molecule has 158 valence electrons. The fourth-order valence-electron chi connectivity index (χ4n) is 4.08. The average Bonchev–Trinajstić information content (AvgIpc) is 2.73. The summed E-state index contributed by atoms with van der Waals surface area (Å²) in [6, 6.07) is 11.0. The number of pyridine rings is 1. The summed E-state index contributed by atoms with van der Waals surface area (Å²) in [5, 5.41) is -0.00511. The summed E-state index contributed by atoms with van der Waals surface area (Å²) in [7, 11) is 0. The first kappa shape index (κ1) is 20.7. The van der Waals surface area contributed by atoms with Crippen LogP contribution in [0.15, 0.2) is 54.4 Å². The summed E-state index contributed by atoms with van der Waals surface area (Å²) in [5.74, 6) is 0.655. The van der Waals surface area contributed by atoms with Gasteiger partial charge in [0.2, 0.25) is 0 Å². The largest absolute Gasteiger partial charge is 0.417 e. The first-order chi connectivity index (χ1) is 14.3. The molecule has 1 saturated heterocycles. The topological polar surface area (TPSA) is 36.4 Å². The molecule has 0 N–H and O–H groups in total. The maximum Gasteiger partial charge on any atom is 0.417 e. The molecule has 1 aliphatic heterocycles. The molecule has 2 aromatic rings. The van der Waals surface area contributed by atoms with Crippen molar-refractivity contribution in [2.24, 2.45) is 0 Å². The van der Waals surface area contributed by atoms with Crippen molar-refractivity contribution in [2.75, 3.05) is 31.1 Å². The highest BCUT2D eigenvalue weighted by Crippen LogP contribution is 2.35. The van der Waals surface area contributed by atoms with Gasteiger partial charge in [0, 0.05) is 50.6 Å². The molecular weight excluding hydrogens is 415 g/mol. The van der Waals surface area contributed by atoms with Gasteiger partial charge in [0.15, 0.2) is 5.78 Å². The molecule has 0 saturated carbocycles. The number of rotatable bonds is 3. The lowest BCUT2D eigenvalue weighted by molar-refractivity contribution is -0.137. The van der Waals surface area contributed by atoms with Gasteiger partial charge in [0.05, 0.1) is 10.6 Å². The van der Waals surface area contributed by atoms with Crippen molar-refractivity contribution in [1.82, 2.24) is 9.88 Å². The van der Waals surface area contributed by atoms with Gasteiger partial charge in [-0.2, -0.15) is 13.2 Å². The van der Waals surface area contributed by atoms with Gasteiger partial charge in [-0.15, -0.1) is 0 Å². The van der Waals surface area contributed by atoms with Crippen molar-refractivity contribution in [3.63, 3.8) is 0 Å². The van der Waals surface area contributed by atoms with Crippen LogP contribution in [-0.2, 0) is 11.0 Å². The van der Waals surface area contributed by atoms with Crippen molar-refractivity contribution >= 4 is 23.2 Å². The summed E-state index contributed by atoms with van der Waals surface area (Å²) >= 11 is 6.09. The van der Waals surface area contributed by atoms with Gasteiger partial charge in [-0.3, -0.25) is 4.79 Å². The molecule has 1 atom stereocenters. The van der Waals surface area contributed by atoms with Crippen LogP contribution in [0.2, 0.25) is 5.02 Å². The predicted octanol–water partition coefficient (Wildman–Crippen LogP) is 4.91. The maximum absolute atomic E-state index is 12.8. The van der Waals surface area contributed by atoms with Crippen LogP contribution < -0.4 is 4.90 Å². The fraction of sp³-hybridized carbons (Fsp3) is 0.364. The molecule has 0 radical (unpaired) electrons. The number of hydrogen-bond acceptors (Lipinski definition) is 4. The maximum atomic E-state index is 12.8. The van der Waals surface area contributed by atoms with E-state index in [4.69, 9.17) is 11.6 Å². The molecule has 0 amide bonds. The highest BCUT2D eigenvalue weighted by Gasteiger charge is 2.33. The van der Waals surface area contributed by atoms with Gasteiger partial charge in [0.1, 0.15) is 5.82 Å². The van der Waals surface area contributed by atoms with Gasteiger partial charge >= 0.3 is 6.18 Å². The molecule has 2 aliphatic rings. The number of halogens is 4. The Labute approximate surface area is 178 Å². The van der Waals surface area contributed by atoms with Crippen LogP contribution in [0.5, 0.6) is 0 Å². The zero-order valence-electron chi connectivity index (χ0n) is 16.2. The Morgan fingerprint density at radius 3 is 2.30 bits per heavy atom. The molecule has 1 aliphatic carbocycles. The molecule has 4 nitrogen and oxygen atoms in total. The highest BCUT2D eigenvalue weighted by atomic mass is 35.5. The van der Waals surface area contributed by atoms with Crippen LogP contribution in [0.4, 0.5) is 19.0 Å². The van der Waals surface area contributed by atoms with E-state index >= 15 is 0 Å². The van der Waals surface area contributed by atoms with Crippen LogP contribution in [-0.4, -0.2) is 41.8 Å². The van der Waals surface area contributed by atoms with Crippen molar-refractivity contribution in [2.45, 2.75) is 24.9 Å². The Balaban J connectivity index is 1.43. The molecule has 1 aromatic heterocycles. The van der Waals surface area contributed by atoms with E-state index in [0.29, 0.717) is 38.4 Å². The predicted molar refractivity (Wildman–Crippen MR) is 110 cm³/mol. The number of piperazine rings is 1. The van der Waals surface area contributed by atoms with Crippen molar-refractivity contribution < 1.29 is 18.0 Å². The zero-order chi connectivity index (χ0) is 21.3. The Hall–Kier alpha value is -2.54. The van der Waals surface area contributed by atoms with Crippen LogP contribution in [0.3, 0.4) is 0 Å². The minimum absolute atomic E-state index is 0.00511. The van der Waals surface area contributed by atoms with E-state index in [1.807, 2.05) is 23.1 Å². The van der Waals surface area contributed by atoms with Gasteiger partial charge in [0.25, 0.3) is 0 Å². The third-order valence-electron chi connectivity index (χ3n) is 5.64. The normalized spacial score (nSPS) is 20.3. The van der Waals surface area contributed by atoms with E-state index in [-0.39, 0.29) is 16.7 Å². The van der Waals surface area contributed by atoms with Gasteiger partial charge in [-0.25, -0.2) is 4.98 Å². The van der Waals surface area contributed by atoms with E-state index in [1.54, 1.807) is 6.08 Å². The Morgan fingerprint density at radius 1 is 1.00 bits per heavy atom. The monoisotopic (exact) mass is 435 g/mol. The van der Waals surface area contributed by atoms with Gasteiger partial charge in [-0.05, 0) is 24.0 Å². The van der Waals surface area contributed by atoms with E-state index < -0.39 is 11.7 Å². The lowest BCUT2D eigenvalue weighted by Gasteiger charge is -2.40. The van der Waals surface area contributed by atoms with Crippen molar-refractivity contribution in [3.05, 3.63) is 70.5 Å². The second kappa shape index (κ2) is 8.30. The Morgan fingerprint density at radius 2 is 1.67 bits per heavy atom. The number of allylic oxidation sites excluding steroid dienone is 2. The number of carbonyl (C=O) groups excluding carboxylic acids is 1. The van der Waals surface area contributed by atoms with Gasteiger partial charge < -0.3 is 9.80 Å². The molecule has 0 unspecified atom stereocenters. The number of alkyl halides is 3. The standard InChI is InChI=1S/C22H21ClF3N3O/c23-20-12-17(22(24,25)26)14-27-21(20)29-8-6-28(7-9-29)18-10-16(11-19(30)13-18)15-4-2-1-3-5-15/h1-5,12-14,16H,6-11H2/t16-/m1/s1. The zero-order valence-corrected chi connectivity index (χ0v) is 17.0. The molecule has 8 heteroatoms. The number of hydrogen-bond donors (Lipinski definition) is 0. The smallest absolute Gasteiger partial charge is 0.371 e. The number of aromatic nitrogens is 1. The third-order valence-corrected chi connectivity index (χ3v) is 5.91. The van der Waals surface area contributed by atoms with E-state index in [0.717, 1.165) is 29.9 Å². The minimum Gasteiger partial charge on any atom is -0.371 e. The van der Waals surface area contributed by atoms with Crippen molar-refractivity contribution in [3.8, 4) is 0 Å². The van der Waals surface area contributed by atoms with E-state index in [2.05, 4.69) is 22.0 Å². The van der Waals surface area contributed by atoms with Crippen LogP contribution in [0, 0.1) is 0 Å². The molecule has 0 spiro atoms. The SMILES string of the molecule is O=C1C=C(N2CCN(c3ncc(C(F)(F)F)cc3Cl)CC2)C[C@@H](c2ccccc2)C1. The van der Waals surface area contributed by atoms with Crippen molar-refractivity contribution in [1.29, 1.82) is 0 Å². The number of ketones is 1. The van der Waals surface area contributed by atoms with Crippen LogP contribution >= 0.6 is 11.6 Å². The lowest BCUT2D eigenvalue weighted by Crippen LogP contribution is -2.47. The fourth-order valence-corrected chi connectivity index (χ4v) is 4.36. The quantitative estimate of drug-likeness (QED) is 0.686.